The Bertz CT molecular complexity index is 619. The van der Waals surface area contributed by atoms with Crippen LogP contribution in [0.3, 0.4) is 0 Å². The van der Waals surface area contributed by atoms with Gasteiger partial charge in [0, 0.05) is 9.13 Å². The van der Waals surface area contributed by atoms with Crippen molar-refractivity contribution >= 4 is 22.6 Å². The molecule has 2 aromatic rings. The molecule has 0 fully saturated rings. The SMILES string of the molecule is Fc1ccc(F)c(-c2cc(C(F)(F)F)ccc2I)c1. The maximum absolute atomic E-state index is 13.6. The third-order valence-corrected chi connectivity index (χ3v) is 3.45. The van der Waals surface area contributed by atoms with Crippen molar-refractivity contribution < 1.29 is 22.0 Å². The molecule has 0 saturated carbocycles. The van der Waals surface area contributed by atoms with E-state index in [1.165, 1.54) is 6.07 Å². The predicted octanol–water partition coefficient (Wildman–Crippen LogP) is 5.26. The molecular formula is C13H6F5I. The number of hydrogen-bond donors (Lipinski definition) is 0. The average molecular weight is 384 g/mol. The van der Waals surface area contributed by atoms with E-state index in [0.29, 0.717) is 3.57 Å². The molecule has 0 aromatic heterocycles. The van der Waals surface area contributed by atoms with Crippen LogP contribution < -0.4 is 0 Å². The van der Waals surface area contributed by atoms with Gasteiger partial charge in [0.25, 0.3) is 0 Å². The van der Waals surface area contributed by atoms with Gasteiger partial charge < -0.3 is 0 Å². The Morgan fingerprint density at radius 1 is 0.842 bits per heavy atom. The maximum atomic E-state index is 13.6. The fourth-order valence-electron chi connectivity index (χ4n) is 1.61. The van der Waals surface area contributed by atoms with Crippen LogP contribution in [0.15, 0.2) is 36.4 Å². The lowest BCUT2D eigenvalue weighted by atomic mass is 10.0. The molecule has 2 aromatic carbocycles. The Kier molecular flexibility index (Phi) is 3.80. The van der Waals surface area contributed by atoms with Crippen LogP contribution in [-0.4, -0.2) is 0 Å². The highest BCUT2D eigenvalue weighted by Crippen LogP contribution is 2.35. The third-order valence-electron chi connectivity index (χ3n) is 2.51. The van der Waals surface area contributed by atoms with Crippen molar-refractivity contribution in [2.75, 3.05) is 0 Å². The Labute approximate surface area is 119 Å². The van der Waals surface area contributed by atoms with E-state index in [4.69, 9.17) is 0 Å². The summed E-state index contributed by atoms with van der Waals surface area (Å²) in [6.07, 6.45) is -4.52. The molecule has 0 amide bonds. The maximum Gasteiger partial charge on any atom is 0.416 e. The zero-order valence-corrected chi connectivity index (χ0v) is 11.4. The lowest BCUT2D eigenvalue weighted by Gasteiger charge is -2.11. The van der Waals surface area contributed by atoms with Crippen molar-refractivity contribution in [1.29, 1.82) is 0 Å². The van der Waals surface area contributed by atoms with Crippen LogP contribution in [0, 0.1) is 15.2 Å². The average Bonchev–Trinajstić information content (AvgIpc) is 2.32. The zero-order chi connectivity index (χ0) is 14.2. The molecule has 19 heavy (non-hydrogen) atoms. The fraction of sp³-hybridized carbons (Fsp3) is 0.0769. The molecule has 0 aliphatic carbocycles. The summed E-state index contributed by atoms with van der Waals surface area (Å²) in [5.41, 5.74) is -1.06. The number of rotatable bonds is 1. The molecule has 6 heteroatoms. The number of halogens is 6. The van der Waals surface area contributed by atoms with Gasteiger partial charge in [-0.05, 0) is 64.6 Å². The van der Waals surface area contributed by atoms with Crippen LogP contribution >= 0.6 is 22.6 Å². The minimum atomic E-state index is -4.52. The molecule has 0 bridgehead atoms. The number of alkyl halides is 3. The monoisotopic (exact) mass is 384 g/mol. The first-order valence-electron chi connectivity index (χ1n) is 5.11. The van der Waals surface area contributed by atoms with Gasteiger partial charge in [0.1, 0.15) is 11.6 Å². The van der Waals surface area contributed by atoms with Crippen molar-refractivity contribution in [2.45, 2.75) is 6.18 Å². The Hall–Kier alpha value is -1.18. The molecule has 0 aliphatic heterocycles. The van der Waals surface area contributed by atoms with Gasteiger partial charge in [0.2, 0.25) is 0 Å². The van der Waals surface area contributed by atoms with Gasteiger partial charge in [0.15, 0.2) is 0 Å². The molecule has 0 nitrogen and oxygen atoms in total. The molecule has 0 radical (unpaired) electrons. The van der Waals surface area contributed by atoms with Gasteiger partial charge in [-0.25, -0.2) is 8.78 Å². The highest BCUT2D eigenvalue weighted by atomic mass is 127. The third kappa shape index (κ3) is 3.05. The van der Waals surface area contributed by atoms with E-state index in [1.807, 2.05) is 0 Å². The van der Waals surface area contributed by atoms with E-state index in [-0.39, 0.29) is 11.1 Å². The molecule has 0 heterocycles. The molecule has 0 saturated heterocycles. The van der Waals surface area contributed by atoms with Crippen LogP contribution in [0.25, 0.3) is 11.1 Å². The molecule has 0 spiro atoms. The lowest BCUT2D eigenvalue weighted by molar-refractivity contribution is -0.137. The highest BCUT2D eigenvalue weighted by molar-refractivity contribution is 14.1. The summed E-state index contributed by atoms with van der Waals surface area (Å²) in [5.74, 6) is -1.47. The summed E-state index contributed by atoms with van der Waals surface area (Å²) in [6.45, 7) is 0. The normalized spacial score (nSPS) is 11.7. The van der Waals surface area contributed by atoms with Crippen LogP contribution in [0.2, 0.25) is 0 Å². The van der Waals surface area contributed by atoms with Gasteiger partial charge in [-0.3, -0.25) is 0 Å². The smallest absolute Gasteiger partial charge is 0.207 e. The van der Waals surface area contributed by atoms with Crippen molar-refractivity contribution in [3.05, 3.63) is 57.2 Å². The van der Waals surface area contributed by atoms with Crippen molar-refractivity contribution in [3.63, 3.8) is 0 Å². The second-order valence-electron chi connectivity index (χ2n) is 3.82. The first-order chi connectivity index (χ1) is 8.79. The molecular weight excluding hydrogens is 378 g/mol. The fourth-order valence-corrected chi connectivity index (χ4v) is 2.24. The molecule has 0 N–H and O–H groups in total. The quantitative estimate of drug-likeness (QED) is 0.465. The lowest BCUT2D eigenvalue weighted by Crippen LogP contribution is -2.05. The van der Waals surface area contributed by atoms with Gasteiger partial charge in [-0.1, -0.05) is 0 Å². The highest BCUT2D eigenvalue weighted by Gasteiger charge is 2.31. The summed E-state index contributed by atoms with van der Waals surface area (Å²) in [4.78, 5) is 0. The second-order valence-corrected chi connectivity index (χ2v) is 4.98. The van der Waals surface area contributed by atoms with Crippen LogP contribution in [0.5, 0.6) is 0 Å². The second kappa shape index (κ2) is 5.07. The largest absolute Gasteiger partial charge is 0.416 e. The van der Waals surface area contributed by atoms with Gasteiger partial charge in [-0.2, -0.15) is 13.2 Å². The summed E-state index contributed by atoms with van der Waals surface area (Å²) in [5, 5.41) is 0. The van der Waals surface area contributed by atoms with E-state index in [0.717, 1.165) is 30.3 Å². The van der Waals surface area contributed by atoms with Crippen LogP contribution in [0.4, 0.5) is 22.0 Å². The molecule has 0 aliphatic rings. The van der Waals surface area contributed by atoms with Crippen LogP contribution in [0.1, 0.15) is 5.56 Å². The Balaban J connectivity index is 2.64. The van der Waals surface area contributed by atoms with E-state index in [2.05, 4.69) is 0 Å². The first kappa shape index (κ1) is 14.2. The van der Waals surface area contributed by atoms with Crippen molar-refractivity contribution in [1.82, 2.24) is 0 Å². The topological polar surface area (TPSA) is 0 Å². The van der Waals surface area contributed by atoms with Crippen molar-refractivity contribution in [3.8, 4) is 11.1 Å². The standard InChI is InChI=1S/C13H6F5I/c14-8-2-3-11(15)9(6-8)10-5-7(13(16,17)18)1-4-12(10)19/h1-6H. The van der Waals surface area contributed by atoms with E-state index >= 15 is 0 Å². The molecule has 100 valence electrons. The predicted molar refractivity (Wildman–Crippen MR) is 69.5 cm³/mol. The number of benzene rings is 2. The van der Waals surface area contributed by atoms with Crippen molar-refractivity contribution in [2.24, 2.45) is 0 Å². The van der Waals surface area contributed by atoms with Crippen LogP contribution in [-0.2, 0) is 6.18 Å². The minimum Gasteiger partial charge on any atom is -0.207 e. The van der Waals surface area contributed by atoms with Gasteiger partial charge >= 0.3 is 6.18 Å². The Morgan fingerprint density at radius 2 is 1.53 bits per heavy atom. The molecule has 0 unspecified atom stereocenters. The van der Waals surface area contributed by atoms with Gasteiger partial charge in [0.05, 0.1) is 5.56 Å². The summed E-state index contributed by atoms with van der Waals surface area (Å²) < 4.78 is 65.0. The summed E-state index contributed by atoms with van der Waals surface area (Å²) >= 11 is 1.78. The summed E-state index contributed by atoms with van der Waals surface area (Å²) in [7, 11) is 0. The van der Waals surface area contributed by atoms with E-state index in [9.17, 15) is 22.0 Å². The first-order valence-corrected chi connectivity index (χ1v) is 6.19. The molecule has 2 rings (SSSR count). The van der Waals surface area contributed by atoms with Gasteiger partial charge in [-0.15, -0.1) is 0 Å². The van der Waals surface area contributed by atoms with E-state index in [1.54, 1.807) is 22.6 Å². The molecule has 0 atom stereocenters. The zero-order valence-electron chi connectivity index (χ0n) is 9.23. The number of hydrogen-bond acceptors (Lipinski definition) is 0. The Morgan fingerprint density at radius 3 is 2.16 bits per heavy atom. The minimum absolute atomic E-state index is 0.0208. The van der Waals surface area contributed by atoms with E-state index < -0.39 is 23.4 Å². The summed E-state index contributed by atoms with van der Waals surface area (Å²) in [6, 6.07) is 5.64.